The number of ether oxygens (including phenoxy) is 2. The summed E-state index contributed by atoms with van der Waals surface area (Å²) in [5, 5.41) is 2.56. The molecule has 0 spiro atoms. The van der Waals surface area contributed by atoms with Crippen LogP contribution in [0.1, 0.15) is 19.4 Å². The van der Waals surface area contributed by atoms with Crippen LogP contribution in [0.25, 0.3) is 6.08 Å². The molecule has 1 N–H and O–H groups in total. The first-order valence-electron chi connectivity index (χ1n) is 8.39. The van der Waals surface area contributed by atoms with E-state index in [1.54, 1.807) is 13.8 Å². The van der Waals surface area contributed by atoms with Gasteiger partial charge < -0.3 is 19.7 Å². The quantitative estimate of drug-likeness (QED) is 0.505. The molecular weight excluding hydrogens is 381 g/mol. The zero-order valence-corrected chi connectivity index (χ0v) is 15.4. The summed E-state index contributed by atoms with van der Waals surface area (Å²) in [4.78, 5) is 36.4. The highest BCUT2D eigenvalue weighted by atomic mass is 19.4. The molecule has 154 valence electrons. The molecule has 0 heterocycles. The molecule has 0 aromatic heterocycles. The lowest BCUT2D eigenvalue weighted by Crippen LogP contribution is -2.42. The summed E-state index contributed by atoms with van der Waals surface area (Å²) in [7, 11) is 0. The number of nitrogens with zero attached hydrogens (tertiary/aromatic N) is 1. The van der Waals surface area contributed by atoms with E-state index < -0.39 is 24.8 Å². The first kappa shape index (κ1) is 23.0. The number of benzene rings is 1. The third kappa shape index (κ3) is 9.06. The molecule has 0 aliphatic rings. The lowest BCUT2D eigenvalue weighted by atomic mass is 10.2. The van der Waals surface area contributed by atoms with Gasteiger partial charge in [0.15, 0.2) is 6.61 Å². The topological polar surface area (TPSA) is 84.9 Å². The van der Waals surface area contributed by atoms with Crippen LogP contribution in [0.3, 0.4) is 0 Å². The van der Waals surface area contributed by atoms with Crippen molar-refractivity contribution in [2.75, 3.05) is 26.2 Å². The van der Waals surface area contributed by atoms with E-state index in [0.29, 0.717) is 12.1 Å². The Hall–Kier alpha value is -3.04. The predicted molar refractivity (Wildman–Crippen MR) is 94.1 cm³/mol. The lowest BCUT2D eigenvalue weighted by Gasteiger charge is -2.19. The van der Waals surface area contributed by atoms with Gasteiger partial charge in [0.25, 0.3) is 5.91 Å². The van der Waals surface area contributed by atoms with Gasteiger partial charge in [-0.05, 0) is 37.6 Å². The van der Waals surface area contributed by atoms with Gasteiger partial charge in [-0.25, -0.2) is 4.79 Å². The molecule has 7 nitrogen and oxygen atoms in total. The normalized spacial score (nSPS) is 11.2. The molecule has 0 aliphatic heterocycles. The minimum atomic E-state index is -4.78. The number of carbonyl (C=O) groups excluding carboxylic acids is 3. The van der Waals surface area contributed by atoms with E-state index in [0.717, 1.165) is 18.2 Å². The number of amides is 2. The van der Waals surface area contributed by atoms with E-state index in [1.165, 1.54) is 23.1 Å². The maximum Gasteiger partial charge on any atom is 0.573 e. The molecule has 0 radical (unpaired) electrons. The van der Waals surface area contributed by atoms with Crippen LogP contribution >= 0.6 is 0 Å². The Balaban J connectivity index is 2.50. The van der Waals surface area contributed by atoms with Gasteiger partial charge in [-0.1, -0.05) is 12.1 Å². The van der Waals surface area contributed by atoms with E-state index in [9.17, 15) is 27.6 Å². The fraction of sp³-hybridized carbons (Fsp3) is 0.389. The SMILES string of the molecule is CCNC(=O)CN(CC)C(=O)COC(=O)/C=C/c1ccc(OC(F)(F)F)cc1. The summed E-state index contributed by atoms with van der Waals surface area (Å²) in [5.74, 6) is -2.03. The van der Waals surface area contributed by atoms with Crippen molar-refractivity contribution < 1.29 is 37.0 Å². The van der Waals surface area contributed by atoms with Gasteiger partial charge in [0, 0.05) is 19.2 Å². The van der Waals surface area contributed by atoms with Crippen LogP contribution in [0.4, 0.5) is 13.2 Å². The van der Waals surface area contributed by atoms with Gasteiger partial charge in [0.1, 0.15) is 5.75 Å². The second-order valence-corrected chi connectivity index (χ2v) is 5.42. The molecule has 0 saturated carbocycles. The Kier molecular flexibility index (Phi) is 9.00. The van der Waals surface area contributed by atoms with Gasteiger partial charge in [0.05, 0.1) is 6.54 Å². The van der Waals surface area contributed by atoms with Crippen molar-refractivity contribution in [2.45, 2.75) is 20.2 Å². The highest BCUT2D eigenvalue weighted by molar-refractivity contribution is 5.90. The van der Waals surface area contributed by atoms with E-state index in [2.05, 4.69) is 10.1 Å². The molecular formula is C18H21F3N2O5. The molecule has 1 rings (SSSR count). The van der Waals surface area contributed by atoms with Gasteiger partial charge in [-0.3, -0.25) is 9.59 Å². The minimum Gasteiger partial charge on any atom is -0.452 e. The number of rotatable bonds is 9. The molecule has 0 aliphatic carbocycles. The van der Waals surface area contributed by atoms with Gasteiger partial charge in [0.2, 0.25) is 5.91 Å². The summed E-state index contributed by atoms with van der Waals surface area (Å²) in [6.45, 7) is 3.48. The Morgan fingerprint density at radius 3 is 2.32 bits per heavy atom. The molecule has 10 heteroatoms. The Morgan fingerprint density at radius 1 is 1.14 bits per heavy atom. The van der Waals surface area contributed by atoms with Crippen LogP contribution in [0.15, 0.2) is 30.3 Å². The number of esters is 1. The number of alkyl halides is 3. The van der Waals surface area contributed by atoms with Crippen LogP contribution in [0.5, 0.6) is 5.75 Å². The molecule has 28 heavy (non-hydrogen) atoms. The summed E-state index contributed by atoms with van der Waals surface area (Å²) in [6.07, 6.45) is -2.43. The zero-order chi connectivity index (χ0) is 21.2. The van der Waals surface area contributed by atoms with Gasteiger partial charge >= 0.3 is 12.3 Å². The summed E-state index contributed by atoms with van der Waals surface area (Å²) < 4.78 is 44.8. The first-order valence-corrected chi connectivity index (χ1v) is 8.39. The van der Waals surface area contributed by atoms with Crippen molar-refractivity contribution >= 4 is 23.9 Å². The summed E-state index contributed by atoms with van der Waals surface area (Å²) in [6, 6.07) is 4.84. The highest BCUT2D eigenvalue weighted by Gasteiger charge is 2.30. The highest BCUT2D eigenvalue weighted by Crippen LogP contribution is 2.22. The molecule has 1 aromatic carbocycles. The van der Waals surface area contributed by atoms with Crippen molar-refractivity contribution in [3.8, 4) is 5.75 Å². The van der Waals surface area contributed by atoms with Crippen LogP contribution in [0.2, 0.25) is 0 Å². The van der Waals surface area contributed by atoms with Crippen molar-refractivity contribution in [2.24, 2.45) is 0 Å². The van der Waals surface area contributed by atoms with Crippen molar-refractivity contribution in [1.82, 2.24) is 10.2 Å². The number of likely N-dealkylation sites (N-methyl/N-ethyl adjacent to an activating group) is 2. The standard InChI is InChI=1S/C18H21F3N2O5/c1-3-22-15(24)11-23(4-2)16(25)12-27-17(26)10-7-13-5-8-14(9-6-13)28-18(19,20)21/h5-10H,3-4,11-12H2,1-2H3,(H,22,24)/b10-7+. The van der Waals surface area contributed by atoms with Gasteiger partial charge in [-0.15, -0.1) is 13.2 Å². The van der Waals surface area contributed by atoms with Crippen molar-refractivity contribution in [1.29, 1.82) is 0 Å². The number of halogens is 3. The second kappa shape index (κ2) is 11.0. The molecule has 1 aromatic rings. The molecule has 0 fully saturated rings. The number of hydrogen-bond donors (Lipinski definition) is 1. The van der Waals surface area contributed by atoms with Crippen LogP contribution in [-0.4, -0.2) is 55.3 Å². The van der Waals surface area contributed by atoms with Crippen LogP contribution in [0, 0.1) is 0 Å². The molecule has 0 saturated heterocycles. The molecule has 0 atom stereocenters. The fourth-order valence-electron chi connectivity index (χ4n) is 2.02. The second-order valence-electron chi connectivity index (χ2n) is 5.42. The maximum absolute atomic E-state index is 12.1. The van der Waals surface area contributed by atoms with E-state index in [4.69, 9.17) is 4.74 Å². The van der Waals surface area contributed by atoms with Crippen LogP contribution in [-0.2, 0) is 19.1 Å². The smallest absolute Gasteiger partial charge is 0.452 e. The first-order chi connectivity index (χ1) is 13.1. The summed E-state index contributed by atoms with van der Waals surface area (Å²) >= 11 is 0. The molecule has 0 unspecified atom stereocenters. The predicted octanol–water partition coefficient (Wildman–Crippen LogP) is 2.13. The average molecular weight is 402 g/mol. The maximum atomic E-state index is 12.1. The number of carbonyl (C=O) groups is 3. The Labute approximate surface area is 160 Å². The lowest BCUT2D eigenvalue weighted by molar-refractivity contribution is -0.274. The minimum absolute atomic E-state index is 0.136. The third-order valence-corrected chi connectivity index (χ3v) is 3.31. The van der Waals surface area contributed by atoms with E-state index >= 15 is 0 Å². The summed E-state index contributed by atoms with van der Waals surface area (Å²) in [5.41, 5.74) is 0.434. The van der Waals surface area contributed by atoms with E-state index in [1.807, 2.05) is 0 Å². The van der Waals surface area contributed by atoms with Crippen LogP contribution < -0.4 is 10.1 Å². The zero-order valence-electron chi connectivity index (χ0n) is 15.4. The van der Waals surface area contributed by atoms with E-state index in [-0.39, 0.29) is 24.7 Å². The fourth-order valence-corrected chi connectivity index (χ4v) is 2.02. The Bertz CT molecular complexity index is 702. The Morgan fingerprint density at radius 2 is 1.79 bits per heavy atom. The third-order valence-electron chi connectivity index (χ3n) is 3.31. The number of nitrogens with one attached hydrogen (secondary N) is 1. The molecule has 2 amide bonds. The largest absolute Gasteiger partial charge is 0.573 e. The molecule has 0 bridgehead atoms. The number of hydrogen-bond acceptors (Lipinski definition) is 5. The van der Waals surface area contributed by atoms with Crippen molar-refractivity contribution in [3.05, 3.63) is 35.9 Å². The monoisotopic (exact) mass is 402 g/mol. The van der Waals surface area contributed by atoms with Gasteiger partial charge in [-0.2, -0.15) is 0 Å². The average Bonchev–Trinajstić information content (AvgIpc) is 2.62. The van der Waals surface area contributed by atoms with Crippen molar-refractivity contribution in [3.63, 3.8) is 0 Å².